The highest BCUT2D eigenvalue weighted by Crippen LogP contribution is 2.13. The fraction of sp³-hybridized carbons (Fsp3) is 0.286. The Morgan fingerprint density at radius 1 is 1.43 bits per heavy atom. The van der Waals surface area contributed by atoms with Crippen molar-refractivity contribution in [2.24, 2.45) is 10.7 Å². The molecule has 0 bridgehead atoms. The van der Waals surface area contributed by atoms with Crippen molar-refractivity contribution in [3.63, 3.8) is 0 Å². The molecule has 0 spiro atoms. The van der Waals surface area contributed by atoms with Gasteiger partial charge in [-0.05, 0) is 12.5 Å². The first-order valence-corrected chi connectivity index (χ1v) is 7.17. The van der Waals surface area contributed by atoms with E-state index in [0.29, 0.717) is 18.1 Å². The van der Waals surface area contributed by atoms with Crippen LogP contribution in [-0.2, 0) is 6.54 Å². The molecule has 0 atom stereocenters. The molecule has 1 heterocycles. The van der Waals surface area contributed by atoms with Crippen molar-refractivity contribution < 1.29 is 0 Å². The lowest BCUT2D eigenvalue weighted by Gasteiger charge is -2.09. The zero-order valence-corrected chi connectivity index (χ0v) is 12.9. The van der Waals surface area contributed by atoms with Gasteiger partial charge in [0.15, 0.2) is 0 Å². The number of nitrogens with one attached hydrogen (secondary N) is 2. The van der Waals surface area contributed by atoms with Gasteiger partial charge in [0.05, 0.1) is 12.4 Å². The number of benzene rings is 1. The van der Waals surface area contributed by atoms with Crippen molar-refractivity contribution in [2.75, 3.05) is 18.2 Å². The van der Waals surface area contributed by atoms with Crippen LogP contribution >= 0.6 is 12.6 Å². The smallest absolute Gasteiger partial charge is 0.328 e. The van der Waals surface area contributed by atoms with Crippen LogP contribution in [0, 0.1) is 6.92 Å². The molecule has 1 aromatic heterocycles. The summed E-state index contributed by atoms with van der Waals surface area (Å²) in [6.45, 7) is 2.48. The zero-order chi connectivity index (χ0) is 15.4. The van der Waals surface area contributed by atoms with Crippen LogP contribution in [-0.4, -0.2) is 28.3 Å². The van der Waals surface area contributed by atoms with Gasteiger partial charge in [-0.1, -0.05) is 29.8 Å². The molecular weight excluding hydrogens is 286 g/mol. The number of hydrogen-bond donors (Lipinski definition) is 4. The fourth-order valence-electron chi connectivity index (χ4n) is 2.10. The Balaban J connectivity index is 2.42. The van der Waals surface area contributed by atoms with Gasteiger partial charge in [-0.3, -0.25) is 9.56 Å². The van der Waals surface area contributed by atoms with Crippen molar-refractivity contribution in [3.8, 4) is 0 Å². The summed E-state index contributed by atoms with van der Waals surface area (Å²) in [5.74, 6) is 1.14. The molecule has 2 rings (SSSR count). The minimum atomic E-state index is -0.229. The van der Waals surface area contributed by atoms with Crippen molar-refractivity contribution in [1.29, 1.82) is 0 Å². The zero-order valence-electron chi connectivity index (χ0n) is 12.1. The van der Waals surface area contributed by atoms with E-state index in [2.05, 4.69) is 27.9 Å². The molecule has 1 aromatic carbocycles. The van der Waals surface area contributed by atoms with E-state index in [1.807, 2.05) is 31.2 Å². The van der Waals surface area contributed by atoms with Crippen LogP contribution in [0.2, 0.25) is 0 Å². The van der Waals surface area contributed by atoms with E-state index in [9.17, 15) is 4.79 Å². The van der Waals surface area contributed by atoms with Gasteiger partial charge in [0.2, 0.25) is 0 Å². The molecule has 0 saturated carbocycles. The predicted molar refractivity (Wildman–Crippen MR) is 89.5 cm³/mol. The SMILES string of the molecule is CNc1c(/C(N)=N\CS)[nH]c(=O)n1Cc1ccc(C)cc1. The van der Waals surface area contributed by atoms with Gasteiger partial charge in [0.1, 0.15) is 17.3 Å². The van der Waals surface area contributed by atoms with Crippen molar-refractivity contribution >= 4 is 24.3 Å². The number of nitrogens with zero attached hydrogens (tertiary/aromatic N) is 2. The van der Waals surface area contributed by atoms with Crippen molar-refractivity contribution in [3.05, 3.63) is 51.6 Å². The number of rotatable bonds is 5. The number of aromatic amines is 1. The third-order valence-corrected chi connectivity index (χ3v) is 3.32. The monoisotopic (exact) mass is 305 g/mol. The molecule has 7 heteroatoms. The number of thiol groups is 1. The molecule has 4 N–H and O–H groups in total. The second-order valence-corrected chi connectivity index (χ2v) is 4.94. The fourth-order valence-corrected chi connectivity index (χ4v) is 2.25. The van der Waals surface area contributed by atoms with Gasteiger partial charge in [0, 0.05) is 7.05 Å². The van der Waals surface area contributed by atoms with Crippen LogP contribution in [0.5, 0.6) is 0 Å². The molecule has 112 valence electrons. The Labute approximate surface area is 128 Å². The summed E-state index contributed by atoms with van der Waals surface area (Å²) in [5.41, 5.74) is 8.33. The number of anilines is 1. The number of amidine groups is 1. The Bertz CT molecular complexity index is 699. The summed E-state index contributed by atoms with van der Waals surface area (Å²) >= 11 is 4.01. The lowest BCUT2D eigenvalue weighted by molar-refractivity contribution is 0.768. The lowest BCUT2D eigenvalue weighted by Crippen LogP contribution is -2.19. The van der Waals surface area contributed by atoms with E-state index in [4.69, 9.17) is 5.73 Å². The average molecular weight is 305 g/mol. The molecule has 0 unspecified atom stereocenters. The molecule has 2 aromatic rings. The lowest BCUT2D eigenvalue weighted by atomic mass is 10.1. The highest BCUT2D eigenvalue weighted by molar-refractivity contribution is 7.80. The second kappa shape index (κ2) is 6.53. The quantitative estimate of drug-likeness (QED) is 0.380. The van der Waals surface area contributed by atoms with E-state index in [1.165, 1.54) is 5.56 Å². The number of aliphatic imine (C=N–C) groups is 1. The third kappa shape index (κ3) is 3.30. The highest BCUT2D eigenvalue weighted by atomic mass is 32.1. The van der Waals surface area contributed by atoms with Crippen molar-refractivity contribution in [1.82, 2.24) is 9.55 Å². The number of nitrogens with two attached hydrogens (primary N) is 1. The van der Waals surface area contributed by atoms with E-state index in [-0.39, 0.29) is 17.4 Å². The largest absolute Gasteiger partial charge is 0.382 e. The van der Waals surface area contributed by atoms with Crippen LogP contribution in [0.3, 0.4) is 0 Å². The van der Waals surface area contributed by atoms with E-state index in [1.54, 1.807) is 11.6 Å². The number of imidazole rings is 1. The summed E-state index contributed by atoms with van der Waals surface area (Å²) in [5, 5.41) is 3.00. The number of aryl methyl sites for hydroxylation is 1. The van der Waals surface area contributed by atoms with Crippen LogP contribution in [0.1, 0.15) is 16.8 Å². The maximum absolute atomic E-state index is 12.1. The molecule has 0 amide bonds. The minimum absolute atomic E-state index is 0.229. The first kappa shape index (κ1) is 15.2. The summed E-state index contributed by atoms with van der Waals surface area (Å²) in [6, 6.07) is 8.03. The summed E-state index contributed by atoms with van der Waals surface area (Å²) in [4.78, 5) is 18.9. The van der Waals surface area contributed by atoms with Gasteiger partial charge in [0.25, 0.3) is 0 Å². The Hall–Kier alpha value is -2.15. The Morgan fingerprint density at radius 3 is 2.67 bits per heavy atom. The number of hydrogen-bond acceptors (Lipinski definition) is 4. The minimum Gasteiger partial charge on any atom is -0.382 e. The maximum Gasteiger partial charge on any atom is 0.328 e. The van der Waals surface area contributed by atoms with Gasteiger partial charge < -0.3 is 16.0 Å². The Morgan fingerprint density at radius 2 is 2.10 bits per heavy atom. The van der Waals surface area contributed by atoms with E-state index < -0.39 is 0 Å². The van der Waals surface area contributed by atoms with Crippen LogP contribution in [0.15, 0.2) is 34.1 Å². The maximum atomic E-state index is 12.1. The van der Waals surface area contributed by atoms with Gasteiger partial charge >= 0.3 is 5.69 Å². The molecule has 6 nitrogen and oxygen atoms in total. The predicted octanol–water partition coefficient (Wildman–Crippen LogP) is 1.17. The number of H-pyrrole nitrogens is 1. The Kier molecular flexibility index (Phi) is 4.74. The van der Waals surface area contributed by atoms with Crippen LogP contribution < -0.4 is 16.7 Å². The summed E-state index contributed by atoms with van der Waals surface area (Å²) < 4.78 is 1.60. The highest BCUT2D eigenvalue weighted by Gasteiger charge is 2.15. The second-order valence-electron chi connectivity index (χ2n) is 4.66. The van der Waals surface area contributed by atoms with Crippen LogP contribution in [0.4, 0.5) is 5.82 Å². The molecule has 0 fully saturated rings. The van der Waals surface area contributed by atoms with Crippen molar-refractivity contribution in [2.45, 2.75) is 13.5 Å². The first-order valence-electron chi connectivity index (χ1n) is 6.54. The summed E-state index contributed by atoms with van der Waals surface area (Å²) in [6.07, 6.45) is 0. The topological polar surface area (TPSA) is 88.2 Å². The average Bonchev–Trinajstić information content (AvgIpc) is 2.78. The van der Waals surface area contributed by atoms with E-state index in [0.717, 1.165) is 5.56 Å². The number of aromatic nitrogens is 2. The molecule has 0 radical (unpaired) electrons. The van der Waals surface area contributed by atoms with E-state index >= 15 is 0 Å². The van der Waals surface area contributed by atoms with Gasteiger partial charge in [-0.2, -0.15) is 12.6 Å². The van der Waals surface area contributed by atoms with Gasteiger partial charge in [-0.25, -0.2) is 4.79 Å². The van der Waals surface area contributed by atoms with Crippen LogP contribution in [0.25, 0.3) is 0 Å². The molecule has 0 saturated heterocycles. The third-order valence-electron chi connectivity index (χ3n) is 3.18. The standard InChI is InChI=1S/C14H19N5OS/c1-9-3-5-10(6-4-9)7-19-13(16-2)11(18-14(19)20)12(15)17-8-21/h3-6,16,21H,7-8H2,1-2H3,(H2,15,17)(H,18,20). The summed E-state index contributed by atoms with van der Waals surface area (Å²) in [7, 11) is 1.74. The molecule has 21 heavy (non-hydrogen) atoms. The normalized spacial score (nSPS) is 11.7. The molecule has 0 aliphatic heterocycles. The first-order chi connectivity index (χ1) is 10.1. The van der Waals surface area contributed by atoms with Gasteiger partial charge in [-0.15, -0.1) is 0 Å². The molecular formula is C14H19N5OS. The molecule has 0 aliphatic rings. The molecule has 0 aliphatic carbocycles.